The summed E-state index contributed by atoms with van der Waals surface area (Å²) < 4.78 is 12.1. The van der Waals surface area contributed by atoms with E-state index in [0.717, 1.165) is 25.7 Å². The zero-order valence-electron chi connectivity index (χ0n) is 57.9. The fourth-order valence-electron chi connectivity index (χ4n) is 13.2. The van der Waals surface area contributed by atoms with Crippen molar-refractivity contribution >= 4 is 58.9 Å². The van der Waals surface area contributed by atoms with Crippen molar-refractivity contribution in [2.24, 2.45) is 35.5 Å². The van der Waals surface area contributed by atoms with Gasteiger partial charge in [0.15, 0.2) is 0 Å². The van der Waals surface area contributed by atoms with E-state index in [0.29, 0.717) is 69.4 Å². The van der Waals surface area contributed by atoms with E-state index in [-0.39, 0.29) is 96.9 Å². The molecule has 22 nitrogen and oxygen atoms in total. The lowest BCUT2D eigenvalue weighted by Gasteiger charge is -2.41. The Morgan fingerprint density at radius 2 is 1.31 bits per heavy atom. The van der Waals surface area contributed by atoms with Gasteiger partial charge in [0.05, 0.1) is 49.3 Å². The second-order valence-corrected chi connectivity index (χ2v) is 27.2. The minimum Gasteiger partial charge on any atom is -0.379 e. The third kappa shape index (κ3) is 25.1. The summed E-state index contributed by atoms with van der Waals surface area (Å²) in [5, 5.41) is 14.9. The number of hydroxylamine groups is 1. The standard InChI is InChI=1S/C69H116N10O12/c1-16-47(8)63(77(13)69(88)61(45(4)5)74-68(87)62(46(6)7)76(11)12)56(89-14)42-60(83)79-38-24-27-55(79)64(90-15)48(9)65(84)73-54(41-44(2)3)32-33-58(81)75-91-43-50-28-30-53(31-29-50)71-66(85)49(10)70-57(80)34-35-59(82)78-39-36-51(37-40-78)67(86)72-52-25-22-20-18-17-19-21-23-26-52/h28-33,44-49,51-52,54-56,61-64H,16-27,34-43H2,1-15H3,(H,70,80)(H,71,85)(H,72,86)(H,73,84)(H,74,87)(H,75,81)/b33-32+/t47-,48+,49+,54+,55-,56+,61-,62-,63-,64+/m0/s1. The predicted octanol–water partition coefficient (Wildman–Crippen LogP) is 7.44. The Morgan fingerprint density at radius 1 is 0.681 bits per heavy atom. The van der Waals surface area contributed by atoms with E-state index in [1.54, 1.807) is 73.0 Å². The minimum absolute atomic E-state index is 0.00525. The lowest BCUT2D eigenvalue weighted by atomic mass is 9.89. The molecule has 10 atom stereocenters. The number of benzene rings is 1. The zero-order valence-corrected chi connectivity index (χ0v) is 57.9. The highest BCUT2D eigenvalue weighted by Crippen LogP contribution is 2.31. The van der Waals surface area contributed by atoms with Gasteiger partial charge in [-0.25, -0.2) is 5.48 Å². The third-order valence-corrected chi connectivity index (χ3v) is 18.6. The molecule has 3 fully saturated rings. The third-order valence-electron chi connectivity index (χ3n) is 18.6. The number of amides is 9. The molecule has 2 heterocycles. The summed E-state index contributed by atoms with van der Waals surface area (Å²) in [4.78, 5) is 134. The Kier molecular flexibility index (Phi) is 33.7. The largest absolute Gasteiger partial charge is 0.379 e. The Bertz CT molecular complexity index is 2480. The van der Waals surface area contributed by atoms with Crippen molar-refractivity contribution in [3.8, 4) is 0 Å². The minimum atomic E-state index is -0.877. The number of ether oxygens (including phenoxy) is 2. The number of hydrogen-bond donors (Lipinski definition) is 6. The van der Waals surface area contributed by atoms with Crippen molar-refractivity contribution in [3.63, 3.8) is 0 Å². The molecule has 514 valence electrons. The number of anilines is 1. The van der Waals surface area contributed by atoms with Crippen LogP contribution in [0, 0.1) is 35.5 Å². The van der Waals surface area contributed by atoms with Crippen molar-refractivity contribution in [2.75, 3.05) is 60.3 Å². The van der Waals surface area contributed by atoms with E-state index in [9.17, 15) is 43.2 Å². The number of rotatable bonds is 33. The molecule has 0 unspecified atom stereocenters. The number of likely N-dealkylation sites (N-methyl/N-ethyl adjacent to an activating group) is 2. The molecular formula is C69H116N10O12. The van der Waals surface area contributed by atoms with Gasteiger partial charge in [-0.3, -0.25) is 52.9 Å². The molecule has 1 aromatic carbocycles. The van der Waals surface area contributed by atoms with Crippen molar-refractivity contribution < 1.29 is 57.5 Å². The molecule has 91 heavy (non-hydrogen) atoms. The summed E-state index contributed by atoms with van der Waals surface area (Å²) >= 11 is 0. The highest BCUT2D eigenvalue weighted by Gasteiger charge is 2.44. The van der Waals surface area contributed by atoms with E-state index in [1.165, 1.54) is 45.3 Å². The quantitative estimate of drug-likeness (QED) is 0.0296. The second kappa shape index (κ2) is 39.5. The molecule has 22 heteroatoms. The number of piperidine rings is 1. The smallest absolute Gasteiger partial charge is 0.267 e. The first-order valence-electron chi connectivity index (χ1n) is 34.0. The lowest BCUT2D eigenvalue weighted by molar-refractivity contribution is -0.148. The van der Waals surface area contributed by atoms with E-state index in [4.69, 9.17) is 14.3 Å². The molecule has 0 spiro atoms. The first-order valence-corrected chi connectivity index (χ1v) is 34.0. The molecule has 1 aliphatic carbocycles. The number of carbonyl (C=O) groups excluding carboxylic acids is 9. The molecule has 1 aromatic rings. The number of nitrogens with zero attached hydrogens (tertiary/aromatic N) is 4. The van der Waals surface area contributed by atoms with Crippen LogP contribution in [-0.2, 0) is 64.1 Å². The molecule has 0 aromatic heterocycles. The molecule has 2 aliphatic heterocycles. The van der Waals surface area contributed by atoms with Crippen molar-refractivity contribution in [3.05, 3.63) is 42.0 Å². The van der Waals surface area contributed by atoms with Crippen LogP contribution in [0.3, 0.4) is 0 Å². The van der Waals surface area contributed by atoms with Crippen LogP contribution in [0.25, 0.3) is 0 Å². The average Bonchev–Trinajstić information content (AvgIpc) is 1.92. The normalized spacial score (nSPS) is 19.4. The van der Waals surface area contributed by atoms with Crippen LogP contribution in [0.15, 0.2) is 36.4 Å². The molecule has 2 saturated heterocycles. The Morgan fingerprint density at radius 3 is 1.87 bits per heavy atom. The number of carbonyl (C=O) groups is 9. The summed E-state index contributed by atoms with van der Waals surface area (Å²) in [6.07, 6.45) is 15.8. The van der Waals surface area contributed by atoms with Crippen molar-refractivity contribution in [1.82, 2.24) is 46.3 Å². The van der Waals surface area contributed by atoms with Crippen LogP contribution in [-0.4, -0.2) is 182 Å². The van der Waals surface area contributed by atoms with Crippen LogP contribution in [0.1, 0.15) is 190 Å². The maximum Gasteiger partial charge on any atom is 0.267 e. The first-order chi connectivity index (χ1) is 43.2. The molecule has 0 radical (unpaired) electrons. The van der Waals surface area contributed by atoms with Gasteiger partial charge < -0.3 is 50.8 Å². The number of likely N-dealkylation sites (tertiary alicyclic amines) is 2. The van der Waals surface area contributed by atoms with Crippen LogP contribution < -0.4 is 32.1 Å². The summed E-state index contributed by atoms with van der Waals surface area (Å²) in [5.41, 5.74) is 3.59. The molecule has 4 rings (SSSR count). The number of nitrogens with one attached hydrogen (secondary N) is 6. The predicted molar refractivity (Wildman–Crippen MR) is 353 cm³/mol. The highest BCUT2D eigenvalue weighted by atomic mass is 16.6. The van der Waals surface area contributed by atoms with Crippen LogP contribution >= 0.6 is 0 Å². The van der Waals surface area contributed by atoms with Gasteiger partial charge in [0.2, 0.25) is 47.3 Å². The Balaban J connectivity index is 1.23. The second-order valence-electron chi connectivity index (χ2n) is 27.2. The Labute approximate surface area is 544 Å². The molecular weight excluding hydrogens is 1160 g/mol. The van der Waals surface area contributed by atoms with E-state index >= 15 is 0 Å². The van der Waals surface area contributed by atoms with Crippen LogP contribution in [0.4, 0.5) is 5.69 Å². The van der Waals surface area contributed by atoms with Gasteiger partial charge in [-0.15, -0.1) is 0 Å². The van der Waals surface area contributed by atoms with Crippen LogP contribution in [0.2, 0.25) is 0 Å². The molecule has 3 aliphatic rings. The van der Waals surface area contributed by atoms with Gasteiger partial charge in [0, 0.05) is 83.5 Å². The summed E-state index contributed by atoms with van der Waals surface area (Å²) in [7, 11) is 8.50. The van der Waals surface area contributed by atoms with Gasteiger partial charge in [0.1, 0.15) is 12.1 Å². The molecule has 1 saturated carbocycles. The molecule has 9 amide bonds. The number of methoxy groups -OCH3 is 2. The maximum absolute atomic E-state index is 14.5. The summed E-state index contributed by atoms with van der Waals surface area (Å²) in [5.74, 6) is -3.36. The van der Waals surface area contributed by atoms with Gasteiger partial charge in [-0.1, -0.05) is 132 Å². The topological polar surface area (TPSA) is 266 Å². The SMILES string of the molecule is CC[C@H](C)[C@@H]([C@@H](CC(=O)N1CCC[C@H]1[C@H](OC)[C@@H](C)C(=O)N[C@H](/C=C/C(=O)NOCc1ccc(NC(=O)[C@@H](C)NC(=O)CCC(=O)N2CCC(C(=O)NC3CCCCCCCCC3)CC2)cc1)CC(C)C)OC)N(C)C(=O)[C@@H](NC(=O)[C@H](C(C)C)N(C)C)C(C)C. The fourth-order valence-corrected chi connectivity index (χ4v) is 13.2. The van der Waals surface area contributed by atoms with Crippen molar-refractivity contribution in [1.29, 1.82) is 0 Å². The Hall–Kier alpha value is -5.97. The van der Waals surface area contributed by atoms with Crippen molar-refractivity contribution in [2.45, 2.75) is 246 Å². The molecule has 0 bridgehead atoms. The maximum atomic E-state index is 14.5. The molecule has 6 N–H and O–H groups in total. The van der Waals surface area contributed by atoms with Gasteiger partial charge in [-0.05, 0) is 107 Å². The highest BCUT2D eigenvalue weighted by molar-refractivity contribution is 5.97. The lowest BCUT2D eigenvalue weighted by Crippen LogP contribution is -2.59. The summed E-state index contributed by atoms with van der Waals surface area (Å²) in [6, 6.07) is 3.45. The van der Waals surface area contributed by atoms with E-state index < -0.39 is 72.1 Å². The monoisotopic (exact) mass is 1280 g/mol. The number of hydrogen-bond acceptors (Lipinski definition) is 13. The first kappa shape index (κ1) is 77.5. The zero-order chi connectivity index (χ0) is 67.5. The van der Waals surface area contributed by atoms with Gasteiger partial charge in [0.25, 0.3) is 5.91 Å². The van der Waals surface area contributed by atoms with E-state index in [2.05, 4.69) is 32.1 Å². The summed E-state index contributed by atoms with van der Waals surface area (Å²) in [6.45, 7) is 20.6. The average molecular weight is 1280 g/mol. The van der Waals surface area contributed by atoms with Crippen LogP contribution in [0.5, 0.6) is 0 Å². The van der Waals surface area contributed by atoms with E-state index in [1.807, 2.05) is 74.4 Å². The van der Waals surface area contributed by atoms with Gasteiger partial charge in [-0.2, -0.15) is 0 Å². The van der Waals surface area contributed by atoms with Gasteiger partial charge >= 0.3 is 0 Å². The fraction of sp³-hybridized carbons (Fsp3) is 0.754.